The number of guanidine groups is 1. The molecule has 0 aliphatic heterocycles. The molecule has 29 heavy (non-hydrogen) atoms. The molecule has 0 atom stereocenters. The van der Waals surface area contributed by atoms with E-state index in [9.17, 15) is 0 Å². The van der Waals surface area contributed by atoms with Gasteiger partial charge < -0.3 is 15.1 Å². The molecule has 0 unspecified atom stereocenters. The van der Waals surface area contributed by atoms with Crippen LogP contribution in [0.2, 0.25) is 0 Å². The molecule has 0 fully saturated rings. The van der Waals surface area contributed by atoms with E-state index in [1.54, 1.807) is 17.6 Å². The highest BCUT2D eigenvalue weighted by atomic mass is 32.1. The maximum atomic E-state index is 5.63. The summed E-state index contributed by atoms with van der Waals surface area (Å²) in [5.41, 5.74) is 4.07. The van der Waals surface area contributed by atoms with Gasteiger partial charge >= 0.3 is 0 Å². The molecular weight excluding hydrogens is 382 g/mol. The molecule has 0 bridgehead atoms. The summed E-state index contributed by atoms with van der Waals surface area (Å²) < 4.78 is 5.63. The predicted octanol–water partition coefficient (Wildman–Crippen LogP) is 4.66. The maximum absolute atomic E-state index is 5.63. The van der Waals surface area contributed by atoms with Crippen molar-refractivity contribution >= 4 is 17.3 Å². The van der Waals surface area contributed by atoms with Gasteiger partial charge in [-0.25, -0.2) is 15.0 Å². The van der Waals surface area contributed by atoms with Crippen molar-refractivity contribution in [1.82, 2.24) is 20.6 Å². The molecule has 2 N–H and O–H groups in total. The first kappa shape index (κ1) is 21.0. The van der Waals surface area contributed by atoms with Gasteiger partial charge in [-0.05, 0) is 26.0 Å². The quantitative estimate of drug-likeness (QED) is 0.456. The lowest BCUT2D eigenvalue weighted by atomic mass is 9.98. The van der Waals surface area contributed by atoms with Gasteiger partial charge in [0, 0.05) is 22.9 Å². The average molecular weight is 412 g/mol. The van der Waals surface area contributed by atoms with E-state index in [4.69, 9.17) is 9.40 Å². The van der Waals surface area contributed by atoms with Gasteiger partial charge in [0.2, 0.25) is 5.89 Å². The second-order valence-electron chi connectivity index (χ2n) is 7.95. The Morgan fingerprint density at radius 3 is 2.52 bits per heavy atom. The predicted molar refractivity (Wildman–Crippen MR) is 119 cm³/mol. The van der Waals surface area contributed by atoms with Crippen LogP contribution in [0.5, 0.6) is 0 Å². The lowest BCUT2D eigenvalue weighted by Crippen LogP contribution is -2.36. The summed E-state index contributed by atoms with van der Waals surface area (Å²) in [5, 5.41) is 9.79. The van der Waals surface area contributed by atoms with E-state index in [-0.39, 0.29) is 5.41 Å². The van der Waals surface area contributed by atoms with Crippen molar-refractivity contribution in [2.75, 3.05) is 6.54 Å². The number of aryl methyl sites for hydroxylation is 1. The highest BCUT2D eigenvalue weighted by Gasteiger charge is 2.17. The van der Waals surface area contributed by atoms with E-state index >= 15 is 0 Å². The van der Waals surface area contributed by atoms with E-state index in [1.807, 2.05) is 19.1 Å². The number of thiazole rings is 1. The highest BCUT2D eigenvalue weighted by Crippen LogP contribution is 2.25. The summed E-state index contributed by atoms with van der Waals surface area (Å²) in [7, 11) is 0. The monoisotopic (exact) mass is 411 g/mol. The normalized spacial score (nSPS) is 12.2. The number of oxazole rings is 1. The second kappa shape index (κ2) is 9.22. The second-order valence-corrected chi connectivity index (χ2v) is 8.81. The molecule has 0 saturated carbocycles. The van der Waals surface area contributed by atoms with Gasteiger partial charge in [-0.2, -0.15) is 0 Å². The minimum Gasteiger partial charge on any atom is -0.444 e. The standard InChI is InChI=1S/C22H29N5OS/c1-6-23-21(25-12-18-14-29-20(27-18)22(3,4)5)24-11-17-13-28-19(26-17)16-9-7-15(2)8-10-16/h7-10,13-14H,6,11-12H2,1-5H3,(H2,23,24,25). The fourth-order valence-electron chi connectivity index (χ4n) is 2.62. The lowest BCUT2D eigenvalue weighted by Gasteiger charge is -2.13. The van der Waals surface area contributed by atoms with Crippen molar-refractivity contribution in [2.45, 2.75) is 53.1 Å². The number of nitrogens with one attached hydrogen (secondary N) is 2. The SMILES string of the molecule is CCNC(=NCc1csc(C(C)(C)C)n1)NCc1coc(-c2ccc(C)cc2)n1. The number of aromatic nitrogens is 2. The van der Waals surface area contributed by atoms with Crippen molar-refractivity contribution in [3.05, 3.63) is 57.9 Å². The molecule has 154 valence electrons. The van der Waals surface area contributed by atoms with Crippen LogP contribution in [0.3, 0.4) is 0 Å². The first-order valence-corrected chi connectivity index (χ1v) is 10.7. The molecule has 0 amide bonds. The van der Waals surface area contributed by atoms with Crippen molar-refractivity contribution in [2.24, 2.45) is 4.99 Å². The van der Waals surface area contributed by atoms with Crippen molar-refractivity contribution in [3.63, 3.8) is 0 Å². The summed E-state index contributed by atoms with van der Waals surface area (Å²) >= 11 is 1.69. The van der Waals surface area contributed by atoms with Gasteiger partial charge in [-0.3, -0.25) is 0 Å². The Balaban J connectivity index is 1.61. The van der Waals surface area contributed by atoms with E-state index in [2.05, 4.69) is 65.8 Å². The largest absolute Gasteiger partial charge is 0.444 e. The van der Waals surface area contributed by atoms with E-state index in [0.29, 0.717) is 19.0 Å². The number of hydrogen-bond acceptors (Lipinski definition) is 5. The zero-order valence-corrected chi connectivity index (χ0v) is 18.6. The maximum Gasteiger partial charge on any atom is 0.226 e. The number of hydrogen-bond donors (Lipinski definition) is 2. The molecule has 2 aromatic heterocycles. The molecule has 3 rings (SSSR count). The summed E-state index contributed by atoms with van der Waals surface area (Å²) in [6.07, 6.45) is 1.68. The smallest absolute Gasteiger partial charge is 0.226 e. The summed E-state index contributed by atoms with van der Waals surface area (Å²) in [6, 6.07) is 8.14. The molecule has 0 radical (unpaired) electrons. The molecule has 2 heterocycles. The molecule has 0 spiro atoms. The van der Waals surface area contributed by atoms with Crippen LogP contribution in [-0.2, 0) is 18.5 Å². The van der Waals surface area contributed by atoms with Crippen LogP contribution >= 0.6 is 11.3 Å². The molecule has 0 saturated heterocycles. The Hall–Kier alpha value is -2.67. The fraction of sp³-hybridized carbons (Fsp3) is 0.409. The van der Waals surface area contributed by atoms with E-state index in [0.717, 1.165) is 34.5 Å². The van der Waals surface area contributed by atoms with Crippen molar-refractivity contribution in [1.29, 1.82) is 0 Å². The third-order valence-electron chi connectivity index (χ3n) is 4.22. The Kier molecular flexibility index (Phi) is 6.69. The summed E-state index contributed by atoms with van der Waals surface area (Å²) in [6.45, 7) is 12.5. The van der Waals surface area contributed by atoms with Gasteiger partial charge in [0.15, 0.2) is 5.96 Å². The Morgan fingerprint density at radius 2 is 1.86 bits per heavy atom. The Morgan fingerprint density at radius 1 is 1.10 bits per heavy atom. The topological polar surface area (TPSA) is 75.3 Å². The summed E-state index contributed by atoms with van der Waals surface area (Å²) in [5.74, 6) is 1.36. The Labute approximate surface area is 176 Å². The summed E-state index contributed by atoms with van der Waals surface area (Å²) in [4.78, 5) is 13.9. The first-order valence-electron chi connectivity index (χ1n) is 9.83. The minimum atomic E-state index is 0.0670. The van der Waals surface area contributed by atoms with Crippen molar-refractivity contribution in [3.8, 4) is 11.5 Å². The van der Waals surface area contributed by atoms with Gasteiger partial charge in [-0.15, -0.1) is 11.3 Å². The lowest BCUT2D eigenvalue weighted by molar-refractivity contribution is 0.572. The van der Waals surface area contributed by atoms with E-state index in [1.165, 1.54) is 5.56 Å². The zero-order chi connectivity index (χ0) is 20.9. The van der Waals surface area contributed by atoms with Gasteiger partial charge in [0.05, 0.1) is 29.5 Å². The minimum absolute atomic E-state index is 0.0670. The van der Waals surface area contributed by atoms with Crippen LogP contribution in [0.25, 0.3) is 11.5 Å². The average Bonchev–Trinajstić information content (AvgIpc) is 3.34. The van der Waals surface area contributed by atoms with Crippen LogP contribution in [0, 0.1) is 6.92 Å². The number of aliphatic imine (C=N–C) groups is 1. The van der Waals surface area contributed by atoms with Crippen LogP contribution in [0.4, 0.5) is 0 Å². The fourth-order valence-corrected chi connectivity index (χ4v) is 3.52. The molecule has 3 aromatic rings. The number of benzene rings is 1. The Bertz CT molecular complexity index is 950. The first-order chi connectivity index (χ1) is 13.8. The molecule has 7 heteroatoms. The third-order valence-corrected chi connectivity index (χ3v) is 5.54. The van der Waals surface area contributed by atoms with Gasteiger partial charge in [0.25, 0.3) is 0 Å². The number of rotatable bonds is 6. The van der Waals surface area contributed by atoms with Crippen LogP contribution < -0.4 is 10.6 Å². The van der Waals surface area contributed by atoms with Crippen LogP contribution in [-0.4, -0.2) is 22.5 Å². The number of nitrogens with zero attached hydrogens (tertiary/aromatic N) is 3. The highest BCUT2D eigenvalue weighted by molar-refractivity contribution is 7.09. The van der Waals surface area contributed by atoms with Gasteiger partial charge in [-0.1, -0.05) is 38.5 Å². The van der Waals surface area contributed by atoms with Crippen molar-refractivity contribution < 1.29 is 4.42 Å². The van der Waals surface area contributed by atoms with Crippen LogP contribution in [0.15, 0.2) is 45.3 Å². The zero-order valence-electron chi connectivity index (χ0n) is 17.7. The molecule has 1 aromatic carbocycles. The molecule has 0 aliphatic carbocycles. The third kappa shape index (κ3) is 5.90. The molecule has 6 nitrogen and oxygen atoms in total. The molecular formula is C22H29N5OS. The van der Waals surface area contributed by atoms with Crippen LogP contribution in [0.1, 0.15) is 49.7 Å². The van der Waals surface area contributed by atoms with Gasteiger partial charge in [0.1, 0.15) is 6.26 Å². The molecule has 0 aliphatic rings. The van der Waals surface area contributed by atoms with E-state index < -0.39 is 0 Å².